The number of primary amides is 1. The van der Waals surface area contributed by atoms with E-state index in [-0.39, 0.29) is 18.1 Å². The number of nitrogens with zero attached hydrogens (tertiary/aromatic N) is 2. The van der Waals surface area contributed by atoms with Crippen LogP contribution in [0.15, 0.2) is 34.6 Å². The van der Waals surface area contributed by atoms with E-state index in [4.69, 9.17) is 5.73 Å². The molecule has 156 valence electrons. The van der Waals surface area contributed by atoms with Crippen LogP contribution in [0.4, 0.5) is 13.2 Å². The number of guanidine groups is 1. The normalized spacial score (nSPS) is 11.8. The molecule has 8 nitrogen and oxygen atoms in total. The second-order valence-corrected chi connectivity index (χ2v) is 6.69. The maximum absolute atomic E-state index is 12.6. The highest BCUT2D eigenvalue weighted by Crippen LogP contribution is 2.29. The summed E-state index contributed by atoms with van der Waals surface area (Å²) in [5, 5.41) is 9.54. The standard InChI is InChI=1S/C17H19F3N6O2S/c1-22-16(25-8-14-26-12(9-29-14)17(18,19)20)24-6-10-2-4-11(5-3-10)15(28)23-7-13(21)27/h2-5,9H,6-8H2,1H3,(H2,21,27)(H,23,28)(H2,22,24,25). The first kappa shape index (κ1) is 22.1. The number of nitrogens with one attached hydrogen (secondary N) is 3. The van der Waals surface area contributed by atoms with Crippen molar-refractivity contribution in [3.63, 3.8) is 0 Å². The Hall–Kier alpha value is -3.15. The molecule has 0 spiro atoms. The van der Waals surface area contributed by atoms with Crippen LogP contribution in [-0.4, -0.2) is 36.4 Å². The van der Waals surface area contributed by atoms with Crippen LogP contribution in [0.3, 0.4) is 0 Å². The van der Waals surface area contributed by atoms with Crippen LogP contribution in [0.2, 0.25) is 0 Å². The molecule has 2 aromatic rings. The zero-order valence-electron chi connectivity index (χ0n) is 15.3. The molecular formula is C17H19F3N6O2S. The highest BCUT2D eigenvalue weighted by Gasteiger charge is 2.33. The van der Waals surface area contributed by atoms with Gasteiger partial charge in [0.05, 0.1) is 13.1 Å². The lowest BCUT2D eigenvalue weighted by Crippen LogP contribution is -2.36. The third-order valence-corrected chi connectivity index (χ3v) is 4.42. The molecule has 12 heteroatoms. The fourth-order valence-corrected chi connectivity index (χ4v) is 2.87. The molecule has 0 atom stereocenters. The van der Waals surface area contributed by atoms with E-state index in [9.17, 15) is 22.8 Å². The number of nitrogens with two attached hydrogens (primary N) is 1. The van der Waals surface area contributed by atoms with Gasteiger partial charge in [-0.15, -0.1) is 11.3 Å². The molecule has 0 saturated heterocycles. The number of carbonyl (C=O) groups is 2. The highest BCUT2D eigenvalue weighted by molar-refractivity contribution is 7.09. The fraction of sp³-hybridized carbons (Fsp3) is 0.294. The van der Waals surface area contributed by atoms with E-state index in [1.807, 2.05) is 0 Å². The van der Waals surface area contributed by atoms with Crippen molar-refractivity contribution < 1.29 is 22.8 Å². The summed E-state index contributed by atoms with van der Waals surface area (Å²) in [6.45, 7) is 0.224. The summed E-state index contributed by atoms with van der Waals surface area (Å²) in [5.74, 6) is -0.662. The van der Waals surface area contributed by atoms with Crippen molar-refractivity contribution in [1.82, 2.24) is 20.9 Å². The quantitative estimate of drug-likeness (QED) is 0.391. The van der Waals surface area contributed by atoms with Gasteiger partial charge in [-0.25, -0.2) is 4.98 Å². The summed E-state index contributed by atoms with van der Waals surface area (Å²) in [6, 6.07) is 6.63. The molecular weight excluding hydrogens is 409 g/mol. The van der Waals surface area contributed by atoms with Crippen molar-refractivity contribution in [1.29, 1.82) is 0 Å². The number of alkyl halides is 3. The average molecular weight is 428 g/mol. The van der Waals surface area contributed by atoms with Gasteiger partial charge >= 0.3 is 6.18 Å². The molecule has 0 aliphatic carbocycles. The van der Waals surface area contributed by atoms with E-state index in [0.29, 0.717) is 18.1 Å². The van der Waals surface area contributed by atoms with E-state index in [1.165, 1.54) is 7.05 Å². The van der Waals surface area contributed by atoms with E-state index in [2.05, 4.69) is 25.9 Å². The lowest BCUT2D eigenvalue weighted by Gasteiger charge is -2.11. The molecule has 0 aliphatic heterocycles. The zero-order chi connectivity index (χ0) is 21.4. The van der Waals surface area contributed by atoms with Gasteiger partial charge in [0.1, 0.15) is 5.01 Å². The number of amides is 2. The van der Waals surface area contributed by atoms with Crippen molar-refractivity contribution in [3.8, 4) is 0 Å². The summed E-state index contributed by atoms with van der Waals surface area (Å²) in [5.41, 5.74) is 5.28. The van der Waals surface area contributed by atoms with Gasteiger partial charge in [0.15, 0.2) is 11.7 Å². The topological polar surface area (TPSA) is 122 Å². The highest BCUT2D eigenvalue weighted by atomic mass is 32.1. The van der Waals surface area contributed by atoms with Crippen molar-refractivity contribution in [2.45, 2.75) is 19.3 Å². The first-order valence-corrected chi connectivity index (χ1v) is 9.18. The molecule has 1 aromatic carbocycles. The Labute approximate surface area is 168 Å². The molecule has 2 amide bonds. The maximum atomic E-state index is 12.6. The second-order valence-electron chi connectivity index (χ2n) is 5.75. The summed E-state index contributed by atoms with van der Waals surface area (Å²) >= 11 is 0.910. The van der Waals surface area contributed by atoms with Crippen molar-refractivity contribution >= 4 is 29.1 Å². The molecule has 29 heavy (non-hydrogen) atoms. The molecule has 1 aromatic heterocycles. The maximum Gasteiger partial charge on any atom is 0.434 e. The summed E-state index contributed by atoms with van der Waals surface area (Å²) in [4.78, 5) is 30.0. The molecule has 0 aliphatic rings. The predicted octanol–water partition coefficient (Wildman–Crippen LogP) is 1.24. The lowest BCUT2D eigenvalue weighted by atomic mass is 10.1. The van der Waals surface area contributed by atoms with Crippen LogP contribution in [0.5, 0.6) is 0 Å². The first-order chi connectivity index (χ1) is 13.7. The van der Waals surface area contributed by atoms with Crippen LogP contribution < -0.4 is 21.7 Å². The summed E-state index contributed by atoms with van der Waals surface area (Å²) in [6.07, 6.45) is -4.46. The predicted molar refractivity (Wildman–Crippen MR) is 102 cm³/mol. The van der Waals surface area contributed by atoms with Crippen LogP contribution in [0.1, 0.15) is 26.6 Å². The van der Waals surface area contributed by atoms with Gasteiger partial charge in [-0.3, -0.25) is 14.6 Å². The minimum Gasteiger partial charge on any atom is -0.368 e. The van der Waals surface area contributed by atoms with Gasteiger partial charge < -0.3 is 21.7 Å². The Morgan fingerprint density at radius 1 is 1.14 bits per heavy atom. The number of carbonyl (C=O) groups excluding carboxylic acids is 2. The monoisotopic (exact) mass is 428 g/mol. The van der Waals surface area contributed by atoms with Crippen molar-refractivity contribution in [2.24, 2.45) is 10.7 Å². The fourth-order valence-electron chi connectivity index (χ4n) is 2.13. The van der Waals surface area contributed by atoms with Crippen LogP contribution in [0, 0.1) is 0 Å². The van der Waals surface area contributed by atoms with Gasteiger partial charge in [0.25, 0.3) is 5.91 Å². The number of benzene rings is 1. The number of aromatic nitrogens is 1. The van der Waals surface area contributed by atoms with E-state index in [0.717, 1.165) is 22.3 Å². The first-order valence-electron chi connectivity index (χ1n) is 8.30. The molecule has 0 unspecified atom stereocenters. The minimum atomic E-state index is -4.46. The van der Waals surface area contributed by atoms with E-state index < -0.39 is 23.7 Å². The average Bonchev–Trinajstić information content (AvgIpc) is 3.16. The van der Waals surface area contributed by atoms with Gasteiger partial charge in [0, 0.05) is 24.5 Å². The van der Waals surface area contributed by atoms with Crippen molar-refractivity contribution in [3.05, 3.63) is 51.5 Å². The molecule has 2 rings (SSSR count). The smallest absolute Gasteiger partial charge is 0.368 e. The third kappa shape index (κ3) is 7.07. The molecule has 0 bridgehead atoms. The minimum absolute atomic E-state index is 0.0966. The van der Waals surface area contributed by atoms with Crippen molar-refractivity contribution in [2.75, 3.05) is 13.6 Å². The number of halogens is 3. The summed E-state index contributed by atoms with van der Waals surface area (Å²) < 4.78 is 37.7. The molecule has 5 N–H and O–H groups in total. The van der Waals surface area contributed by atoms with E-state index >= 15 is 0 Å². The Kier molecular flexibility index (Phi) is 7.53. The van der Waals surface area contributed by atoms with E-state index in [1.54, 1.807) is 24.3 Å². The van der Waals surface area contributed by atoms with Gasteiger partial charge in [-0.05, 0) is 17.7 Å². The number of hydrogen-bond donors (Lipinski definition) is 4. The van der Waals surface area contributed by atoms with Gasteiger partial charge in [0.2, 0.25) is 5.91 Å². The molecule has 0 radical (unpaired) electrons. The van der Waals surface area contributed by atoms with Crippen LogP contribution in [0.25, 0.3) is 0 Å². The lowest BCUT2D eigenvalue weighted by molar-refractivity contribution is -0.140. The van der Waals surface area contributed by atoms with Crippen LogP contribution >= 0.6 is 11.3 Å². The van der Waals surface area contributed by atoms with Gasteiger partial charge in [-0.2, -0.15) is 13.2 Å². The Morgan fingerprint density at radius 3 is 2.34 bits per heavy atom. The van der Waals surface area contributed by atoms with Crippen LogP contribution in [-0.2, 0) is 24.1 Å². The Balaban J connectivity index is 1.83. The zero-order valence-corrected chi connectivity index (χ0v) is 16.2. The molecule has 1 heterocycles. The largest absolute Gasteiger partial charge is 0.434 e. The Bertz CT molecular complexity index is 880. The number of rotatable bonds is 7. The van der Waals surface area contributed by atoms with Gasteiger partial charge in [-0.1, -0.05) is 12.1 Å². The number of thiazole rings is 1. The number of hydrogen-bond acceptors (Lipinski definition) is 5. The SMILES string of the molecule is CN=C(NCc1ccc(C(=O)NCC(N)=O)cc1)NCc1nc(C(F)(F)F)cs1. The summed E-state index contributed by atoms with van der Waals surface area (Å²) in [7, 11) is 1.53. The second kappa shape index (κ2) is 9.87. The number of aliphatic imine (C=N–C) groups is 1. The third-order valence-electron chi connectivity index (χ3n) is 3.57. The molecule has 0 saturated carbocycles. The molecule has 0 fully saturated rings. The Morgan fingerprint density at radius 2 is 1.79 bits per heavy atom.